The zero-order chi connectivity index (χ0) is 65.9. The molecule has 10 atom stereocenters. The number of carboxylic acid groups (broad SMARTS) is 2. The number of carbonyl (C=O) groups is 12. The molecule has 3 aromatic rings. The number of amides is 10. The number of aliphatic carboxylic acids is 2. The van der Waals surface area contributed by atoms with Crippen molar-refractivity contribution in [3.63, 3.8) is 0 Å². The van der Waals surface area contributed by atoms with E-state index in [9.17, 15) is 72.9 Å². The van der Waals surface area contributed by atoms with Crippen LogP contribution in [-0.2, 0) is 76.8 Å². The summed E-state index contributed by atoms with van der Waals surface area (Å²) in [6, 6.07) is 9.47. The molecule has 4 rings (SSSR count). The van der Waals surface area contributed by atoms with Crippen molar-refractivity contribution in [2.75, 3.05) is 19.6 Å². The van der Waals surface area contributed by atoms with E-state index in [1.807, 2.05) is 13.8 Å². The third-order valence-corrected chi connectivity index (χ3v) is 14.6. The number of hydrogen-bond donors (Lipinski definition) is 15. The molecule has 1 heterocycles. The molecule has 3 aromatic carbocycles. The number of nitrogens with two attached hydrogens (primary N) is 4. The molecule has 0 radical (unpaired) electrons. The Bertz CT molecular complexity index is 2970. The lowest BCUT2D eigenvalue weighted by molar-refractivity contribution is -0.143. The summed E-state index contributed by atoms with van der Waals surface area (Å²) in [7, 11) is 0. The van der Waals surface area contributed by atoms with Gasteiger partial charge in [0.05, 0.1) is 25.4 Å². The molecular weight excluding hydrogens is 1160 g/mol. The normalized spacial score (nSPS) is 15.8. The number of primary amides is 1. The fourth-order valence-electron chi connectivity index (χ4n) is 9.61. The summed E-state index contributed by atoms with van der Waals surface area (Å²) in [6.07, 6.45) is -1.18. The van der Waals surface area contributed by atoms with Crippen LogP contribution in [0.5, 0.6) is 5.75 Å². The minimum absolute atomic E-state index is 0.0173. The molecule has 19 N–H and O–H groups in total. The van der Waals surface area contributed by atoms with Gasteiger partial charge in [-0.15, -0.1) is 0 Å². The van der Waals surface area contributed by atoms with Crippen LogP contribution in [0.25, 0.3) is 0 Å². The van der Waals surface area contributed by atoms with Crippen molar-refractivity contribution < 1.29 is 72.9 Å². The molecule has 10 amide bonds. The Kier molecular flexibility index (Phi) is 28.9. The minimum atomic E-state index is -1.89. The van der Waals surface area contributed by atoms with Crippen molar-refractivity contribution in [1.82, 2.24) is 47.4 Å². The maximum absolute atomic E-state index is 14.6. The number of aromatic hydroxyl groups is 1. The largest absolute Gasteiger partial charge is 0.508 e. The number of rotatable bonds is 36. The number of benzene rings is 3. The molecular formula is C60H84N14O15. The first-order chi connectivity index (χ1) is 42.1. The van der Waals surface area contributed by atoms with Gasteiger partial charge in [0.25, 0.3) is 0 Å². The van der Waals surface area contributed by atoms with Gasteiger partial charge < -0.3 is 85.7 Å². The maximum atomic E-state index is 14.6. The van der Waals surface area contributed by atoms with Gasteiger partial charge >= 0.3 is 11.9 Å². The molecule has 0 aromatic heterocycles. The fourth-order valence-corrected chi connectivity index (χ4v) is 9.61. The molecule has 0 saturated carbocycles. The SMILES string of the molecule is CC[C@H](C)[C@H](N)C(=O)N1CCC[C@H]1C(=O)N[C@@H](CC(C)C)C(=O)N[C@@H](Cc1ccc(O)cc1)C(=O)N[C@@H](CCCN=C(N)N)C(=O)N[C@@H](CC(N)=O)C(=O)NCC(=O)N[C@@H](CC(=O)O)C(=O)N[C@@H](Cc1ccccc1)C(=O)N[C@@H](Cc1ccccc1)C(=O)O. The van der Waals surface area contributed by atoms with Gasteiger partial charge in [0, 0.05) is 32.4 Å². The molecule has 0 aliphatic carbocycles. The van der Waals surface area contributed by atoms with Crippen LogP contribution in [0.4, 0.5) is 0 Å². The van der Waals surface area contributed by atoms with Crippen LogP contribution in [0, 0.1) is 11.8 Å². The van der Waals surface area contributed by atoms with Crippen LogP contribution in [0.2, 0.25) is 0 Å². The topological polar surface area (TPSA) is 481 Å². The number of aliphatic imine (C=N–C) groups is 1. The van der Waals surface area contributed by atoms with Crippen LogP contribution >= 0.6 is 0 Å². The molecule has 29 nitrogen and oxygen atoms in total. The molecule has 1 aliphatic heterocycles. The lowest BCUT2D eigenvalue weighted by Crippen LogP contribution is -2.60. The second kappa shape index (κ2) is 35.8. The number of carbonyl (C=O) groups excluding carboxylic acids is 10. The van der Waals surface area contributed by atoms with Crippen molar-refractivity contribution in [3.8, 4) is 5.75 Å². The molecule has 1 fully saturated rings. The molecule has 0 bridgehead atoms. The summed E-state index contributed by atoms with van der Waals surface area (Å²) in [5.41, 5.74) is 24.3. The van der Waals surface area contributed by atoms with Crippen molar-refractivity contribution in [2.24, 2.45) is 39.8 Å². The number of nitrogens with zero attached hydrogens (tertiary/aromatic N) is 2. The highest BCUT2D eigenvalue weighted by molar-refractivity contribution is 5.99. The van der Waals surface area contributed by atoms with Gasteiger partial charge in [-0.2, -0.15) is 0 Å². The Morgan fingerprint density at radius 1 is 0.596 bits per heavy atom. The van der Waals surface area contributed by atoms with Crippen LogP contribution in [-0.4, -0.2) is 171 Å². The predicted molar refractivity (Wildman–Crippen MR) is 324 cm³/mol. The van der Waals surface area contributed by atoms with Gasteiger partial charge in [-0.05, 0) is 72.8 Å². The predicted octanol–water partition coefficient (Wildman–Crippen LogP) is -2.17. The standard InChI is InChI=1S/C60H84N14O15/c1-5-34(4)50(62)58(87)74-25-13-19-46(74)57(86)72-40(26-33(2)3)53(82)69-42(28-37-20-22-38(75)23-21-37)54(83)68-39(18-12-24-65-60(63)64)52(81)71-43(30-47(61)76)51(80)66-32-48(77)67-44(31-49(78)79)56(85)70-41(27-35-14-8-6-9-15-35)55(84)73-45(59(88)89)29-36-16-10-7-11-17-36/h6-11,14-17,20-23,33-34,39-46,50,75H,5,12-13,18-19,24-32,62H2,1-4H3,(H2,61,76)(H,66,80)(H,67,77)(H,68,83)(H,69,82)(H,70,85)(H,71,81)(H,72,86)(H,73,84)(H,78,79)(H,88,89)(H4,63,64,65)/t34-,39-,40-,41-,42-,43-,44-,45-,46-,50-/m0/s1. The van der Waals surface area contributed by atoms with E-state index in [0.717, 1.165) is 0 Å². The van der Waals surface area contributed by atoms with Gasteiger partial charge in [0.1, 0.15) is 54.1 Å². The first kappa shape index (κ1) is 71.8. The summed E-state index contributed by atoms with van der Waals surface area (Å²) < 4.78 is 0. The maximum Gasteiger partial charge on any atom is 0.326 e. The van der Waals surface area contributed by atoms with E-state index in [1.54, 1.807) is 74.5 Å². The van der Waals surface area contributed by atoms with Gasteiger partial charge in [-0.25, -0.2) is 4.79 Å². The fraction of sp³-hybridized carbons (Fsp3) is 0.483. The highest BCUT2D eigenvalue weighted by Gasteiger charge is 2.40. The Hall–Kier alpha value is -9.67. The number of nitrogens with one attached hydrogen (secondary N) is 8. The lowest BCUT2D eigenvalue weighted by Gasteiger charge is -2.30. The van der Waals surface area contributed by atoms with Gasteiger partial charge in [-0.3, -0.25) is 57.7 Å². The summed E-state index contributed by atoms with van der Waals surface area (Å²) >= 11 is 0. The monoisotopic (exact) mass is 1240 g/mol. The number of likely N-dealkylation sites (tertiary alicyclic amines) is 1. The van der Waals surface area contributed by atoms with Crippen molar-refractivity contribution >= 4 is 77.0 Å². The highest BCUT2D eigenvalue weighted by Crippen LogP contribution is 2.22. The average molecular weight is 1240 g/mol. The molecule has 89 heavy (non-hydrogen) atoms. The van der Waals surface area contributed by atoms with E-state index < -0.39 is 145 Å². The molecule has 0 spiro atoms. The molecule has 1 aliphatic rings. The van der Waals surface area contributed by atoms with Crippen molar-refractivity contribution in [3.05, 3.63) is 102 Å². The van der Waals surface area contributed by atoms with Crippen LogP contribution in [0.1, 0.15) is 95.8 Å². The first-order valence-electron chi connectivity index (χ1n) is 29.2. The Morgan fingerprint density at radius 2 is 1.08 bits per heavy atom. The third kappa shape index (κ3) is 24.6. The number of phenols is 1. The zero-order valence-electron chi connectivity index (χ0n) is 50.3. The van der Waals surface area contributed by atoms with E-state index in [-0.39, 0.29) is 75.2 Å². The number of hydrogen-bond acceptors (Lipinski definition) is 15. The zero-order valence-corrected chi connectivity index (χ0v) is 50.3. The Morgan fingerprint density at radius 3 is 1.60 bits per heavy atom. The number of guanidine groups is 1. The van der Waals surface area contributed by atoms with Gasteiger partial charge in [0.15, 0.2) is 5.96 Å². The second-order valence-corrected chi connectivity index (χ2v) is 22.2. The van der Waals surface area contributed by atoms with E-state index in [1.165, 1.54) is 29.2 Å². The summed E-state index contributed by atoms with van der Waals surface area (Å²) in [5, 5.41) is 49.4. The average Bonchev–Trinajstić information content (AvgIpc) is 4.14. The molecule has 29 heteroatoms. The van der Waals surface area contributed by atoms with Crippen LogP contribution < -0.4 is 65.5 Å². The molecule has 484 valence electrons. The van der Waals surface area contributed by atoms with E-state index in [2.05, 4.69) is 47.5 Å². The van der Waals surface area contributed by atoms with Crippen LogP contribution in [0.15, 0.2) is 89.9 Å². The van der Waals surface area contributed by atoms with Gasteiger partial charge in [0.2, 0.25) is 59.1 Å². The number of carboxylic acids is 2. The lowest BCUT2D eigenvalue weighted by atomic mass is 9.98. The third-order valence-electron chi connectivity index (χ3n) is 14.6. The van der Waals surface area contributed by atoms with E-state index in [0.29, 0.717) is 36.0 Å². The molecule has 1 saturated heterocycles. The summed E-state index contributed by atoms with van der Waals surface area (Å²) in [5.74, 6) is -13.2. The number of phenolic OH excluding ortho intramolecular Hbond substituents is 1. The van der Waals surface area contributed by atoms with Crippen molar-refractivity contribution in [1.29, 1.82) is 0 Å². The Labute approximate surface area is 515 Å². The molecule has 0 unspecified atom stereocenters. The second-order valence-electron chi connectivity index (χ2n) is 22.2. The summed E-state index contributed by atoms with van der Waals surface area (Å²) in [6.45, 7) is 6.54. The van der Waals surface area contributed by atoms with E-state index in [4.69, 9.17) is 22.9 Å². The Balaban J connectivity index is 1.54. The first-order valence-corrected chi connectivity index (χ1v) is 29.2. The van der Waals surface area contributed by atoms with Gasteiger partial charge in [-0.1, -0.05) is 107 Å². The quantitative estimate of drug-likeness (QED) is 0.0167. The highest BCUT2D eigenvalue weighted by atomic mass is 16.4. The smallest absolute Gasteiger partial charge is 0.326 e. The van der Waals surface area contributed by atoms with Crippen LogP contribution in [0.3, 0.4) is 0 Å². The van der Waals surface area contributed by atoms with E-state index >= 15 is 0 Å². The summed E-state index contributed by atoms with van der Waals surface area (Å²) in [4.78, 5) is 168. The minimum Gasteiger partial charge on any atom is -0.508 e. The van der Waals surface area contributed by atoms with Crippen molar-refractivity contribution in [2.45, 2.75) is 153 Å².